The zero-order valence-electron chi connectivity index (χ0n) is 14.5. The van der Waals surface area contributed by atoms with Crippen molar-refractivity contribution in [1.82, 2.24) is 15.2 Å². The molecule has 1 amide bonds. The van der Waals surface area contributed by atoms with E-state index in [4.69, 9.17) is 4.42 Å². The summed E-state index contributed by atoms with van der Waals surface area (Å²) >= 11 is 0. The Morgan fingerprint density at radius 2 is 1.93 bits per heavy atom. The predicted molar refractivity (Wildman–Crippen MR) is 101 cm³/mol. The molecule has 0 unspecified atom stereocenters. The van der Waals surface area contributed by atoms with Crippen molar-refractivity contribution in [3.8, 4) is 11.3 Å². The first-order valence-corrected chi connectivity index (χ1v) is 8.49. The molecule has 3 heterocycles. The normalized spacial score (nSPS) is 20.7. The first-order chi connectivity index (χ1) is 12.1. The summed E-state index contributed by atoms with van der Waals surface area (Å²) in [4.78, 5) is 18.4. The number of nitrogens with zero attached hydrogens (tertiary/aromatic N) is 2. The fraction of sp³-hybridized carbons (Fsp3) is 0.444. The Hall–Kier alpha value is -1.70. The lowest BCUT2D eigenvalue weighted by Crippen LogP contribution is -2.32. The Morgan fingerprint density at radius 1 is 1.22 bits per heavy atom. The van der Waals surface area contributed by atoms with E-state index < -0.39 is 11.6 Å². The highest BCUT2D eigenvalue weighted by atomic mass is 35.5. The van der Waals surface area contributed by atoms with Crippen molar-refractivity contribution in [2.45, 2.75) is 12.8 Å². The SMILES string of the molecule is Cl.Cl.O=C(CCc1ncc(-c2ccc(F)cc2F)o1)N1C[C@H]2CNC[C@H]2C1. The Labute approximate surface area is 168 Å². The van der Waals surface area contributed by atoms with Crippen LogP contribution in [-0.4, -0.2) is 42.0 Å². The molecule has 9 heteroatoms. The second kappa shape index (κ2) is 8.99. The lowest BCUT2D eigenvalue weighted by molar-refractivity contribution is -0.130. The van der Waals surface area contributed by atoms with Crippen LogP contribution in [0.15, 0.2) is 28.8 Å². The smallest absolute Gasteiger partial charge is 0.223 e. The van der Waals surface area contributed by atoms with Crippen LogP contribution in [0, 0.1) is 23.5 Å². The molecule has 0 saturated carbocycles. The number of carbonyl (C=O) groups is 1. The van der Waals surface area contributed by atoms with E-state index in [1.54, 1.807) is 0 Å². The van der Waals surface area contributed by atoms with Crippen LogP contribution in [-0.2, 0) is 11.2 Å². The highest BCUT2D eigenvalue weighted by Gasteiger charge is 2.37. The first-order valence-electron chi connectivity index (χ1n) is 8.49. The third kappa shape index (κ3) is 4.59. The monoisotopic (exact) mass is 419 g/mol. The molecule has 4 rings (SSSR count). The van der Waals surface area contributed by atoms with E-state index in [1.165, 1.54) is 18.3 Å². The average molecular weight is 420 g/mol. The van der Waals surface area contributed by atoms with Gasteiger partial charge in [-0.2, -0.15) is 0 Å². The minimum atomic E-state index is -0.698. The van der Waals surface area contributed by atoms with Gasteiger partial charge in [0.2, 0.25) is 5.91 Å². The molecule has 2 saturated heterocycles. The zero-order valence-corrected chi connectivity index (χ0v) is 16.1. The Kier molecular flexibility index (Phi) is 7.19. The van der Waals surface area contributed by atoms with Gasteiger partial charge in [-0.1, -0.05) is 0 Å². The van der Waals surface area contributed by atoms with E-state index in [2.05, 4.69) is 10.3 Å². The molecule has 0 radical (unpaired) electrons. The summed E-state index contributed by atoms with van der Waals surface area (Å²) in [6, 6.07) is 3.29. The highest BCUT2D eigenvalue weighted by Crippen LogP contribution is 2.27. The van der Waals surface area contributed by atoms with Crippen molar-refractivity contribution in [3.63, 3.8) is 0 Å². The Bertz CT molecular complexity index is 791. The summed E-state index contributed by atoms with van der Waals surface area (Å²) in [5.41, 5.74) is 0.159. The van der Waals surface area contributed by atoms with Crippen LogP contribution in [0.1, 0.15) is 12.3 Å². The maximum Gasteiger partial charge on any atom is 0.223 e. The van der Waals surface area contributed by atoms with E-state index in [-0.39, 0.29) is 42.0 Å². The number of benzene rings is 1. The minimum absolute atomic E-state index is 0. The number of aromatic nitrogens is 1. The van der Waals surface area contributed by atoms with Crippen molar-refractivity contribution >= 4 is 30.7 Å². The molecule has 1 aromatic heterocycles. The molecule has 0 spiro atoms. The van der Waals surface area contributed by atoms with Gasteiger partial charge < -0.3 is 14.6 Å². The maximum atomic E-state index is 13.8. The summed E-state index contributed by atoms with van der Waals surface area (Å²) in [6.45, 7) is 3.60. The Balaban J connectivity index is 0.00000131. The molecule has 2 aromatic rings. The van der Waals surface area contributed by atoms with E-state index in [9.17, 15) is 13.6 Å². The van der Waals surface area contributed by atoms with E-state index in [0.29, 0.717) is 30.6 Å². The van der Waals surface area contributed by atoms with Gasteiger partial charge in [-0.3, -0.25) is 4.79 Å². The molecule has 27 heavy (non-hydrogen) atoms. The number of oxazole rings is 1. The molecule has 1 N–H and O–H groups in total. The maximum absolute atomic E-state index is 13.8. The van der Waals surface area contributed by atoms with Crippen molar-refractivity contribution in [2.75, 3.05) is 26.2 Å². The van der Waals surface area contributed by atoms with Gasteiger partial charge in [0.15, 0.2) is 11.7 Å². The van der Waals surface area contributed by atoms with Gasteiger partial charge in [0.25, 0.3) is 0 Å². The third-order valence-electron chi connectivity index (χ3n) is 5.05. The summed E-state index contributed by atoms with van der Waals surface area (Å²) in [6.07, 6.45) is 2.09. The number of amides is 1. The number of nitrogens with one attached hydrogen (secondary N) is 1. The largest absolute Gasteiger partial charge is 0.441 e. The van der Waals surface area contributed by atoms with E-state index in [0.717, 1.165) is 32.2 Å². The van der Waals surface area contributed by atoms with Crippen molar-refractivity contribution in [2.24, 2.45) is 11.8 Å². The summed E-state index contributed by atoms with van der Waals surface area (Å²) < 4.78 is 32.3. The number of rotatable bonds is 4. The summed E-state index contributed by atoms with van der Waals surface area (Å²) in [7, 11) is 0. The van der Waals surface area contributed by atoms with Gasteiger partial charge in [-0.25, -0.2) is 13.8 Å². The van der Waals surface area contributed by atoms with E-state index in [1.807, 2.05) is 4.90 Å². The molecular weight excluding hydrogens is 399 g/mol. The molecule has 0 bridgehead atoms. The van der Waals surface area contributed by atoms with E-state index >= 15 is 0 Å². The number of halogens is 4. The lowest BCUT2D eigenvalue weighted by atomic mass is 10.0. The highest BCUT2D eigenvalue weighted by molar-refractivity contribution is 5.85. The summed E-state index contributed by atoms with van der Waals surface area (Å²) in [5, 5.41) is 3.35. The summed E-state index contributed by atoms with van der Waals surface area (Å²) in [5.74, 6) is 0.516. The number of aryl methyl sites for hydroxylation is 1. The second-order valence-corrected chi connectivity index (χ2v) is 6.72. The van der Waals surface area contributed by atoms with Gasteiger partial charge in [-0.05, 0) is 24.0 Å². The van der Waals surface area contributed by atoms with Gasteiger partial charge in [-0.15, -0.1) is 24.8 Å². The fourth-order valence-electron chi connectivity index (χ4n) is 3.67. The number of hydrogen-bond acceptors (Lipinski definition) is 4. The standard InChI is InChI=1S/C18H19F2N3O2.2ClH/c19-13-1-2-14(15(20)5-13)16-8-22-17(25-16)3-4-18(24)23-9-11-6-21-7-12(11)10-23;;/h1-2,5,8,11-12,21H,3-4,6-7,9-10H2;2*1H/t11-,12+;;. The van der Waals surface area contributed by atoms with Crippen LogP contribution < -0.4 is 5.32 Å². The van der Waals surface area contributed by atoms with Crippen LogP contribution in [0.5, 0.6) is 0 Å². The lowest BCUT2D eigenvalue weighted by Gasteiger charge is -2.16. The fourth-order valence-corrected chi connectivity index (χ4v) is 3.67. The molecule has 2 atom stereocenters. The van der Waals surface area contributed by atoms with Crippen LogP contribution >= 0.6 is 24.8 Å². The third-order valence-corrected chi connectivity index (χ3v) is 5.05. The number of hydrogen-bond donors (Lipinski definition) is 1. The molecule has 148 valence electrons. The molecule has 2 aliphatic rings. The van der Waals surface area contributed by atoms with Gasteiger partial charge in [0.05, 0.1) is 11.8 Å². The number of likely N-dealkylation sites (tertiary alicyclic amines) is 1. The minimum Gasteiger partial charge on any atom is -0.441 e. The van der Waals surface area contributed by atoms with Crippen LogP contribution in [0.4, 0.5) is 8.78 Å². The predicted octanol–water partition coefficient (Wildman–Crippen LogP) is 3.07. The molecule has 2 fully saturated rings. The number of carbonyl (C=O) groups excluding carboxylic acids is 1. The molecular formula is C18H21Cl2F2N3O2. The van der Waals surface area contributed by atoms with Crippen molar-refractivity contribution in [3.05, 3.63) is 41.9 Å². The zero-order chi connectivity index (χ0) is 17.4. The molecule has 5 nitrogen and oxygen atoms in total. The molecule has 1 aromatic carbocycles. The van der Waals surface area contributed by atoms with Gasteiger partial charge >= 0.3 is 0 Å². The van der Waals surface area contributed by atoms with Crippen molar-refractivity contribution in [1.29, 1.82) is 0 Å². The van der Waals surface area contributed by atoms with Crippen LogP contribution in [0.25, 0.3) is 11.3 Å². The molecule has 0 aliphatic carbocycles. The van der Waals surface area contributed by atoms with Crippen LogP contribution in [0.3, 0.4) is 0 Å². The second-order valence-electron chi connectivity index (χ2n) is 6.72. The first kappa shape index (κ1) is 21.6. The Morgan fingerprint density at radius 3 is 2.59 bits per heavy atom. The topological polar surface area (TPSA) is 58.4 Å². The average Bonchev–Trinajstić information content (AvgIpc) is 3.28. The van der Waals surface area contributed by atoms with Crippen molar-refractivity contribution < 1.29 is 18.0 Å². The molecule has 2 aliphatic heterocycles. The van der Waals surface area contributed by atoms with Crippen LogP contribution in [0.2, 0.25) is 0 Å². The van der Waals surface area contributed by atoms with Gasteiger partial charge in [0.1, 0.15) is 11.6 Å². The van der Waals surface area contributed by atoms with Gasteiger partial charge in [0, 0.05) is 45.1 Å². The number of fused-ring (bicyclic) bond motifs is 1. The quantitative estimate of drug-likeness (QED) is 0.826.